The highest BCUT2D eigenvalue weighted by molar-refractivity contribution is 5.34. The van der Waals surface area contributed by atoms with E-state index in [2.05, 4.69) is 48.2 Å². The van der Waals surface area contributed by atoms with E-state index < -0.39 is 0 Å². The Balaban J connectivity index is 2.01. The van der Waals surface area contributed by atoms with Crippen molar-refractivity contribution in [2.75, 3.05) is 19.0 Å². The van der Waals surface area contributed by atoms with Crippen molar-refractivity contribution in [2.45, 2.75) is 32.6 Å². The molecule has 0 unspecified atom stereocenters. The second-order valence-corrected chi connectivity index (χ2v) is 5.73. The first-order valence-electron chi connectivity index (χ1n) is 7.24. The van der Waals surface area contributed by atoms with Crippen molar-refractivity contribution in [3.8, 4) is 5.75 Å². The van der Waals surface area contributed by atoms with Gasteiger partial charge in [-0.3, -0.25) is 0 Å². The summed E-state index contributed by atoms with van der Waals surface area (Å²) in [5.41, 5.74) is 2.38. The first-order chi connectivity index (χ1) is 10.0. The smallest absolute Gasteiger partial charge is 0.222 e. The third kappa shape index (κ3) is 3.94. The Hall–Kier alpha value is -2.10. The summed E-state index contributed by atoms with van der Waals surface area (Å²) in [6, 6.07) is 8.18. The SMILES string of the molecule is CCc1cnc(NCC(C)(C)c2ccc(OC)cc2)nc1. The molecular weight excluding hydrogens is 262 g/mol. The fourth-order valence-corrected chi connectivity index (χ4v) is 2.07. The van der Waals surface area contributed by atoms with Crippen LogP contribution >= 0.6 is 0 Å². The normalized spacial score (nSPS) is 11.2. The maximum absolute atomic E-state index is 5.20. The largest absolute Gasteiger partial charge is 0.497 e. The number of anilines is 1. The zero-order valence-electron chi connectivity index (χ0n) is 13.2. The fourth-order valence-electron chi connectivity index (χ4n) is 2.07. The summed E-state index contributed by atoms with van der Waals surface area (Å²) in [4.78, 5) is 8.66. The maximum atomic E-state index is 5.20. The van der Waals surface area contributed by atoms with E-state index in [-0.39, 0.29) is 5.41 Å². The molecule has 1 aromatic carbocycles. The number of rotatable bonds is 6. The van der Waals surface area contributed by atoms with Crippen molar-refractivity contribution < 1.29 is 4.74 Å². The van der Waals surface area contributed by atoms with Crippen LogP contribution in [-0.4, -0.2) is 23.6 Å². The molecule has 2 rings (SSSR count). The Labute approximate surface area is 126 Å². The summed E-state index contributed by atoms with van der Waals surface area (Å²) in [6.07, 6.45) is 4.70. The minimum Gasteiger partial charge on any atom is -0.497 e. The quantitative estimate of drug-likeness (QED) is 0.883. The van der Waals surface area contributed by atoms with Gasteiger partial charge in [-0.1, -0.05) is 32.9 Å². The van der Waals surface area contributed by atoms with Gasteiger partial charge in [-0.25, -0.2) is 9.97 Å². The lowest BCUT2D eigenvalue weighted by Gasteiger charge is -2.25. The molecule has 21 heavy (non-hydrogen) atoms. The fraction of sp³-hybridized carbons (Fsp3) is 0.412. The third-order valence-electron chi connectivity index (χ3n) is 3.67. The standard InChI is InChI=1S/C17H23N3O/c1-5-13-10-18-16(19-11-13)20-12-17(2,3)14-6-8-15(21-4)9-7-14/h6-11H,5,12H2,1-4H3,(H,18,19,20). The monoisotopic (exact) mass is 285 g/mol. The summed E-state index contributed by atoms with van der Waals surface area (Å²) in [5, 5.41) is 3.31. The van der Waals surface area contributed by atoms with Crippen LogP contribution < -0.4 is 10.1 Å². The van der Waals surface area contributed by atoms with Crippen molar-refractivity contribution in [1.29, 1.82) is 0 Å². The van der Waals surface area contributed by atoms with Gasteiger partial charge in [-0.15, -0.1) is 0 Å². The van der Waals surface area contributed by atoms with E-state index in [0.717, 1.165) is 24.3 Å². The third-order valence-corrected chi connectivity index (χ3v) is 3.67. The molecule has 0 spiro atoms. The molecule has 2 aromatic rings. The lowest BCUT2D eigenvalue weighted by atomic mass is 9.84. The van der Waals surface area contributed by atoms with Gasteiger partial charge in [-0.05, 0) is 29.7 Å². The summed E-state index contributed by atoms with van der Waals surface area (Å²) in [5.74, 6) is 1.55. The Morgan fingerprint density at radius 3 is 2.24 bits per heavy atom. The number of benzene rings is 1. The molecule has 0 atom stereocenters. The van der Waals surface area contributed by atoms with Gasteiger partial charge >= 0.3 is 0 Å². The minimum atomic E-state index is -0.0148. The summed E-state index contributed by atoms with van der Waals surface area (Å²) in [6.45, 7) is 7.26. The molecule has 0 aliphatic rings. The molecule has 0 fully saturated rings. The molecule has 0 amide bonds. The van der Waals surface area contributed by atoms with E-state index in [1.54, 1.807) is 7.11 Å². The van der Waals surface area contributed by atoms with Crippen LogP contribution in [0.15, 0.2) is 36.7 Å². The van der Waals surface area contributed by atoms with Gasteiger partial charge in [0.2, 0.25) is 5.95 Å². The number of hydrogen-bond acceptors (Lipinski definition) is 4. The van der Waals surface area contributed by atoms with Crippen molar-refractivity contribution in [3.63, 3.8) is 0 Å². The Morgan fingerprint density at radius 2 is 1.71 bits per heavy atom. The maximum Gasteiger partial charge on any atom is 0.222 e. The van der Waals surface area contributed by atoms with Crippen LogP contribution in [0.2, 0.25) is 0 Å². The average molecular weight is 285 g/mol. The van der Waals surface area contributed by atoms with Crippen molar-refractivity contribution in [3.05, 3.63) is 47.8 Å². The number of hydrogen-bond donors (Lipinski definition) is 1. The highest BCUT2D eigenvalue weighted by Gasteiger charge is 2.20. The molecule has 0 bridgehead atoms. The van der Waals surface area contributed by atoms with E-state index in [9.17, 15) is 0 Å². The molecule has 1 N–H and O–H groups in total. The first-order valence-corrected chi connectivity index (χ1v) is 7.24. The van der Waals surface area contributed by atoms with Crippen molar-refractivity contribution in [2.24, 2.45) is 0 Å². The van der Waals surface area contributed by atoms with Crippen molar-refractivity contribution in [1.82, 2.24) is 9.97 Å². The molecule has 4 nitrogen and oxygen atoms in total. The molecule has 1 heterocycles. The van der Waals surface area contributed by atoms with Gasteiger partial charge < -0.3 is 10.1 Å². The van der Waals surface area contributed by atoms with Crippen LogP contribution in [0.1, 0.15) is 31.9 Å². The number of aryl methyl sites for hydroxylation is 1. The topological polar surface area (TPSA) is 47.0 Å². The molecular formula is C17H23N3O. The molecule has 0 aliphatic heterocycles. The average Bonchev–Trinajstić information content (AvgIpc) is 2.53. The van der Waals surface area contributed by atoms with Crippen LogP contribution in [-0.2, 0) is 11.8 Å². The highest BCUT2D eigenvalue weighted by atomic mass is 16.5. The van der Waals surface area contributed by atoms with Crippen molar-refractivity contribution >= 4 is 5.95 Å². The summed E-state index contributed by atoms with van der Waals surface area (Å²) < 4.78 is 5.20. The molecule has 1 aromatic heterocycles. The zero-order chi connectivity index (χ0) is 15.3. The zero-order valence-corrected chi connectivity index (χ0v) is 13.2. The summed E-state index contributed by atoms with van der Waals surface area (Å²) in [7, 11) is 1.68. The van der Waals surface area contributed by atoms with Crippen LogP contribution in [0, 0.1) is 0 Å². The molecule has 112 valence electrons. The molecule has 0 saturated carbocycles. The van der Waals surface area contributed by atoms with Gasteiger partial charge in [0.05, 0.1) is 7.11 Å². The van der Waals surface area contributed by atoms with E-state index in [4.69, 9.17) is 4.74 Å². The number of methoxy groups -OCH3 is 1. The van der Waals surface area contributed by atoms with Crippen LogP contribution in [0.4, 0.5) is 5.95 Å². The van der Waals surface area contributed by atoms with Gasteiger partial charge in [-0.2, -0.15) is 0 Å². The number of ether oxygens (including phenoxy) is 1. The molecule has 0 saturated heterocycles. The highest BCUT2D eigenvalue weighted by Crippen LogP contribution is 2.25. The Bertz CT molecular complexity index is 562. The van der Waals surface area contributed by atoms with Gasteiger partial charge in [0.15, 0.2) is 0 Å². The number of nitrogens with one attached hydrogen (secondary N) is 1. The van der Waals surface area contributed by atoms with E-state index in [1.165, 1.54) is 5.56 Å². The second kappa shape index (κ2) is 6.57. The van der Waals surface area contributed by atoms with Gasteiger partial charge in [0.25, 0.3) is 0 Å². The summed E-state index contributed by atoms with van der Waals surface area (Å²) >= 11 is 0. The van der Waals surface area contributed by atoms with E-state index in [0.29, 0.717) is 5.95 Å². The van der Waals surface area contributed by atoms with Gasteiger partial charge in [0, 0.05) is 24.4 Å². The lowest BCUT2D eigenvalue weighted by Crippen LogP contribution is -2.28. The minimum absolute atomic E-state index is 0.0148. The Morgan fingerprint density at radius 1 is 1.10 bits per heavy atom. The van der Waals surface area contributed by atoms with Crippen LogP contribution in [0.25, 0.3) is 0 Å². The first kappa shape index (κ1) is 15.3. The van der Waals surface area contributed by atoms with Crippen LogP contribution in [0.5, 0.6) is 5.75 Å². The molecule has 0 aliphatic carbocycles. The van der Waals surface area contributed by atoms with Gasteiger partial charge in [0.1, 0.15) is 5.75 Å². The lowest BCUT2D eigenvalue weighted by molar-refractivity contribution is 0.414. The number of aromatic nitrogens is 2. The van der Waals surface area contributed by atoms with E-state index in [1.807, 2.05) is 24.5 Å². The van der Waals surface area contributed by atoms with Crippen LogP contribution in [0.3, 0.4) is 0 Å². The predicted molar refractivity (Wildman–Crippen MR) is 85.9 cm³/mol. The molecule has 4 heteroatoms. The molecule has 0 radical (unpaired) electrons. The van der Waals surface area contributed by atoms with E-state index >= 15 is 0 Å². The predicted octanol–water partition coefficient (Wildman–Crippen LogP) is 3.44. The second-order valence-electron chi connectivity index (χ2n) is 5.73. The number of nitrogens with zero attached hydrogens (tertiary/aromatic N) is 2. The Kier molecular flexibility index (Phi) is 4.78.